The summed E-state index contributed by atoms with van der Waals surface area (Å²) >= 11 is 1.73. The molecule has 32 heavy (non-hydrogen) atoms. The Bertz CT molecular complexity index is 1210. The number of likely N-dealkylation sites (tertiary alicyclic amines) is 1. The van der Waals surface area contributed by atoms with Gasteiger partial charge >= 0.3 is 0 Å². The van der Waals surface area contributed by atoms with Crippen LogP contribution in [0.1, 0.15) is 18.4 Å². The van der Waals surface area contributed by atoms with Crippen LogP contribution in [0.15, 0.2) is 53.9 Å². The molecule has 0 saturated carbocycles. The number of aromatic nitrogens is 2. The van der Waals surface area contributed by atoms with Crippen LogP contribution in [0.2, 0.25) is 0 Å². The molecule has 1 saturated heterocycles. The van der Waals surface area contributed by atoms with Crippen LogP contribution in [0.3, 0.4) is 0 Å². The topological polar surface area (TPSA) is 76.3 Å². The Hall–Kier alpha value is -3.16. The number of hydrogen-bond acceptors (Lipinski definition) is 7. The van der Waals surface area contributed by atoms with Gasteiger partial charge in [0.2, 0.25) is 5.95 Å². The fraction of sp³-hybridized carbons (Fsp3) is 0.280. The molecule has 0 amide bonds. The van der Waals surface area contributed by atoms with Crippen LogP contribution in [0.5, 0.6) is 5.75 Å². The fourth-order valence-electron chi connectivity index (χ4n) is 4.05. The van der Waals surface area contributed by atoms with E-state index in [1.165, 1.54) is 36.0 Å². The van der Waals surface area contributed by atoms with Crippen LogP contribution in [0.4, 0.5) is 17.5 Å². The van der Waals surface area contributed by atoms with Gasteiger partial charge in [0.05, 0.1) is 5.69 Å². The van der Waals surface area contributed by atoms with E-state index < -0.39 is 0 Å². The van der Waals surface area contributed by atoms with Gasteiger partial charge < -0.3 is 15.8 Å². The highest BCUT2D eigenvalue weighted by Gasteiger charge is 2.13. The molecule has 1 aliphatic rings. The van der Waals surface area contributed by atoms with Crippen LogP contribution in [-0.2, 0) is 0 Å². The van der Waals surface area contributed by atoms with E-state index in [-0.39, 0.29) is 0 Å². The third-order valence-electron chi connectivity index (χ3n) is 5.89. The van der Waals surface area contributed by atoms with Crippen LogP contribution in [0.25, 0.3) is 21.3 Å². The molecule has 3 N–H and O–H groups in total. The molecule has 164 valence electrons. The monoisotopic (exact) mass is 445 g/mol. The Kier molecular flexibility index (Phi) is 5.92. The molecule has 0 radical (unpaired) electrons. The molecule has 0 aliphatic carbocycles. The van der Waals surface area contributed by atoms with Crippen LogP contribution in [0, 0.1) is 6.92 Å². The number of anilines is 3. The Labute approximate surface area is 192 Å². The summed E-state index contributed by atoms with van der Waals surface area (Å²) in [6.45, 7) is 6.03. The molecule has 2 aromatic heterocycles. The van der Waals surface area contributed by atoms with E-state index in [0.29, 0.717) is 18.4 Å². The Balaban J connectivity index is 1.29. The molecule has 4 aromatic rings. The van der Waals surface area contributed by atoms with E-state index in [1.807, 2.05) is 31.2 Å². The van der Waals surface area contributed by atoms with Crippen molar-refractivity contribution in [1.29, 1.82) is 0 Å². The van der Waals surface area contributed by atoms with Crippen molar-refractivity contribution in [3.63, 3.8) is 0 Å². The molecule has 1 fully saturated rings. The third kappa shape index (κ3) is 4.54. The van der Waals surface area contributed by atoms with Crippen molar-refractivity contribution in [3.8, 4) is 17.0 Å². The number of ether oxygens (including phenoxy) is 1. The summed E-state index contributed by atoms with van der Waals surface area (Å²) in [5.74, 6) is 1.82. The van der Waals surface area contributed by atoms with E-state index in [1.54, 1.807) is 11.3 Å². The molecule has 0 spiro atoms. The van der Waals surface area contributed by atoms with Crippen molar-refractivity contribution >= 4 is 38.9 Å². The second kappa shape index (κ2) is 9.14. The van der Waals surface area contributed by atoms with Crippen LogP contribution >= 0.6 is 11.3 Å². The summed E-state index contributed by atoms with van der Waals surface area (Å²) < 4.78 is 7.15. The van der Waals surface area contributed by atoms with Gasteiger partial charge in [0.15, 0.2) is 0 Å². The minimum atomic E-state index is 0.477. The number of benzene rings is 2. The maximum Gasteiger partial charge on any atom is 0.229 e. The molecule has 0 unspecified atom stereocenters. The molecule has 7 heteroatoms. The second-order valence-electron chi connectivity index (χ2n) is 8.13. The van der Waals surface area contributed by atoms with Gasteiger partial charge in [-0.1, -0.05) is 6.07 Å². The number of rotatable bonds is 7. The first kappa shape index (κ1) is 20.7. The highest BCUT2D eigenvalue weighted by molar-refractivity contribution is 7.17. The first-order chi connectivity index (χ1) is 15.7. The van der Waals surface area contributed by atoms with Crippen LogP contribution < -0.4 is 15.8 Å². The molecule has 0 bridgehead atoms. The minimum Gasteiger partial charge on any atom is -0.492 e. The number of nitrogens with one attached hydrogen (secondary N) is 1. The molecule has 0 atom stereocenters. The van der Waals surface area contributed by atoms with E-state index in [9.17, 15) is 0 Å². The fourth-order valence-corrected chi connectivity index (χ4v) is 4.82. The maximum absolute atomic E-state index is 6.22. The van der Waals surface area contributed by atoms with Crippen molar-refractivity contribution in [1.82, 2.24) is 14.9 Å². The standard InChI is InChI=1S/C25H27N5OS/c1-17-23(19-4-9-22-18(16-19)10-15-32-22)28-25(29-24(17)26)27-20-5-7-21(8-6-20)31-14-13-30-11-2-3-12-30/h4-10,15-16H,2-3,11-14H2,1H3,(H3,26,27,28,29). The number of fused-ring (bicyclic) bond motifs is 1. The Morgan fingerprint density at radius 2 is 1.88 bits per heavy atom. The smallest absolute Gasteiger partial charge is 0.229 e. The normalized spacial score (nSPS) is 14.2. The molecule has 2 aromatic carbocycles. The number of nitrogen functional groups attached to an aromatic ring is 1. The summed E-state index contributed by atoms with van der Waals surface area (Å²) in [6, 6.07) is 16.4. The zero-order chi connectivity index (χ0) is 21.9. The predicted octanol–water partition coefficient (Wildman–Crippen LogP) is 5.47. The molecule has 1 aliphatic heterocycles. The van der Waals surface area contributed by atoms with Crippen LogP contribution in [-0.4, -0.2) is 41.1 Å². The van der Waals surface area contributed by atoms with Gasteiger partial charge in [-0.05, 0) is 86.1 Å². The number of nitrogens with zero attached hydrogens (tertiary/aromatic N) is 3. The lowest BCUT2D eigenvalue weighted by Crippen LogP contribution is -2.25. The van der Waals surface area contributed by atoms with E-state index in [2.05, 4.69) is 44.8 Å². The molecule has 3 heterocycles. The Morgan fingerprint density at radius 1 is 1.06 bits per heavy atom. The lowest BCUT2D eigenvalue weighted by molar-refractivity contribution is 0.238. The minimum absolute atomic E-state index is 0.477. The van der Waals surface area contributed by atoms with Crippen molar-refractivity contribution in [3.05, 3.63) is 59.5 Å². The third-order valence-corrected chi connectivity index (χ3v) is 6.79. The first-order valence-electron chi connectivity index (χ1n) is 11.0. The van der Waals surface area contributed by atoms with Crippen molar-refractivity contribution in [2.45, 2.75) is 19.8 Å². The van der Waals surface area contributed by atoms with Gasteiger partial charge in [0.1, 0.15) is 18.2 Å². The predicted molar refractivity (Wildman–Crippen MR) is 133 cm³/mol. The molecule has 6 nitrogen and oxygen atoms in total. The largest absolute Gasteiger partial charge is 0.492 e. The summed E-state index contributed by atoms with van der Waals surface area (Å²) in [6.07, 6.45) is 2.60. The van der Waals surface area contributed by atoms with Gasteiger partial charge in [-0.25, -0.2) is 4.98 Å². The average Bonchev–Trinajstić information content (AvgIpc) is 3.49. The summed E-state index contributed by atoms with van der Waals surface area (Å²) in [5, 5.41) is 6.59. The summed E-state index contributed by atoms with van der Waals surface area (Å²) in [5.41, 5.74) is 9.87. The van der Waals surface area contributed by atoms with Crippen molar-refractivity contribution in [2.24, 2.45) is 0 Å². The molecule has 5 rings (SSSR count). The first-order valence-corrected chi connectivity index (χ1v) is 11.9. The van der Waals surface area contributed by atoms with Gasteiger partial charge in [0, 0.05) is 28.1 Å². The number of hydrogen-bond donors (Lipinski definition) is 2. The second-order valence-corrected chi connectivity index (χ2v) is 9.07. The Morgan fingerprint density at radius 3 is 2.69 bits per heavy atom. The van der Waals surface area contributed by atoms with Crippen molar-refractivity contribution < 1.29 is 4.74 Å². The molecular formula is C25H27N5OS. The number of thiophene rings is 1. The lowest BCUT2D eigenvalue weighted by Gasteiger charge is -2.15. The van der Waals surface area contributed by atoms with E-state index >= 15 is 0 Å². The van der Waals surface area contributed by atoms with E-state index in [4.69, 9.17) is 15.5 Å². The zero-order valence-electron chi connectivity index (χ0n) is 18.2. The SMILES string of the molecule is Cc1c(N)nc(Nc2ccc(OCCN3CCCC3)cc2)nc1-c1ccc2sccc2c1. The van der Waals surface area contributed by atoms with Crippen molar-refractivity contribution in [2.75, 3.05) is 37.3 Å². The van der Waals surface area contributed by atoms with Gasteiger partial charge in [0.25, 0.3) is 0 Å². The average molecular weight is 446 g/mol. The quantitative estimate of drug-likeness (QED) is 0.393. The van der Waals surface area contributed by atoms with Gasteiger partial charge in [-0.2, -0.15) is 4.98 Å². The van der Waals surface area contributed by atoms with Gasteiger partial charge in [-0.3, -0.25) is 4.90 Å². The van der Waals surface area contributed by atoms with Gasteiger partial charge in [-0.15, -0.1) is 11.3 Å². The molecular weight excluding hydrogens is 418 g/mol. The summed E-state index contributed by atoms with van der Waals surface area (Å²) in [7, 11) is 0. The lowest BCUT2D eigenvalue weighted by atomic mass is 10.1. The number of nitrogens with two attached hydrogens (primary N) is 1. The highest BCUT2D eigenvalue weighted by Crippen LogP contribution is 2.31. The van der Waals surface area contributed by atoms with E-state index in [0.717, 1.165) is 34.8 Å². The summed E-state index contributed by atoms with van der Waals surface area (Å²) in [4.78, 5) is 11.7. The maximum atomic E-state index is 6.22. The highest BCUT2D eigenvalue weighted by atomic mass is 32.1. The zero-order valence-corrected chi connectivity index (χ0v) is 19.0.